The van der Waals surface area contributed by atoms with Gasteiger partial charge in [-0.25, -0.2) is 9.78 Å². The van der Waals surface area contributed by atoms with Gasteiger partial charge in [-0.2, -0.15) is 0 Å². The van der Waals surface area contributed by atoms with Gasteiger partial charge in [0.05, 0.1) is 5.69 Å². The number of aromatic nitrogens is 1. The molecule has 2 saturated heterocycles. The first-order valence-electron chi connectivity index (χ1n) is 7.88. The molecule has 2 fully saturated rings. The highest BCUT2D eigenvalue weighted by molar-refractivity contribution is 5.85. The molecule has 5 heteroatoms. The van der Waals surface area contributed by atoms with Crippen molar-refractivity contribution in [2.75, 3.05) is 26.2 Å². The van der Waals surface area contributed by atoms with Crippen molar-refractivity contribution < 1.29 is 9.90 Å². The first-order valence-corrected chi connectivity index (χ1v) is 7.88. The fourth-order valence-corrected chi connectivity index (χ4v) is 3.45. The van der Waals surface area contributed by atoms with E-state index in [1.165, 1.54) is 38.8 Å². The molecule has 0 saturated carbocycles. The Hall–Kier alpha value is -1.46. The molecule has 2 aliphatic rings. The Bertz CT molecular complexity index is 500. The smallest absolute Gasteiger partial charge is 0.354 e. The van der Waals surface area contributed by atoms with Crippen LogP contribution >= 0.6 is 0 Å². The first-order chi connectivity index (χ1) is 10.2. The minimum absolute atomic E-state index is 0.138. The zero-order valence-electron chi connectivity index (χ0n) is 12.4. The molecule has 0 radical (unpaired) electrons. The number of carboxylic acids is 1. The van der Waals surface area contributed by atoms with Crippen LogP contribution in [0.5, 0.6) is 0 Å². The number of aromatic carboxylic acids is 1. The van der Waals surface area contributed by atoms with Crippen molar-refractivity contribution in [3.63, 3.8) is 0 Å². The Balaban J connectivity index is 1.56. The summed E-state index contributed by atoms with van der Waals surface area (Å²) < 4.78 is 0. The van der Waals surface area contributed by atoms with E-state index in [1.54, 1.807) is 12.1 Å². The molecule has 1 atom stereocenters. The first kappa shape index (κ1) is 14.5. The van der Waals surface area contributed by atoms with E-state index < -0.39 is 5.97 Å². The third-order valence-electron chi connectivity index (χ3n) is 4.57. The lowest BCUT2D eigenvalue weighted by Crippen LogP contribution is -2.40. The highest BCUT2D eigenvalue weighted by atomic mass is 16.4. The summed E-state index contributed by atoms with van der Waals surface area (Å²) in [5.41, 5.74) is 0.994. The van der Waals surface area contributed by atoms with Gasteiger partial charge in [0, 0.05) is 25.7 Å². The van der Waals surface area contributed by atoms with Crippen LogP contribution < -0.4 is 0 Å². The lowest BCUT2D eigenvalue weighted by Gasteiger charge is -2.32. The lowest BCUT2D eigenvalue weighted by molar-refractivity contribution is 0.0690. The van der Waals surface area contributed by atoms with Gasteiger partial charge in [-0.1, -0.05) is 12.5 Å². The second-order valence-electron chi connectivity index (χ2n) is 6.09. The van der Waals surface area contributed by atoms with E-state index in [2.05, 4.69) is 14.8 Å². The summed E-state index contributed by atoms with van der Waals surface area (Å²) in [6.07, 6.45) is 5.26. The maximum atomic E-state index is 11.0. The van der Waals surface area contributed by atoms with E-state index in [0.717, 1.165) is 25.3 Å². The number of piperidine rings is 1. The quantitative estimate of drug-likeness (QED) is 0.916. The average Bonchev–Trinajstić information content (AvgIpc) is 2.97. The summed E-state index contributed by atoms with van der Waals surface area (Å²) in [5, 5.41) is 9.00. The summed E-state index contributed by atoms with van der Waals surface area (Å²) in [6, 6.07) is 5.92. The number of hydrogen-bond donors (Lipinski definition) is 1. The van der Waals surface area contributed by atoms with Gasteiger partial charge in [0.15, 0.2) is 0 Å². The summed E-state index contributed by atoms with van der Waals surface area (Å²) >= 11 is 0. The highest BCUT2D eigenvalue weighted by Crippen LogP contribution is 2.21. The number of carboxylic acid groups (broad SMARTS) is 1. The van der Waals surface area contributed by atoms with Crippen LogP contribution in [0.15, 0.2) is 18.2 Å². The SMILES string of the molecule is O=C(O)c1cccc(CN2CCC(N3CCCCC3)C2)n1. The van der Waals surface area contributed by atoms with Gasteiger partial charge in [-0.3, -0.25) is 9.80 Å². The maximum absolute atomic E-state index is 11.0. The van der Waals surface area contributed by atoms with Crippen LogP contribution in [0.3, 0.4) is 0 Å². The molecule has 1 aromatic heterocycles. The van der Waals surface area contributed by atoms with Crippen LogP contribution in [0.2, 0.25) is 0 Å². The second kappa shape index (κ2) is 6.54. The Morgan fingerprint density at radius 2 is 2.05 bits per heavy atom. The third-order valence-corrected chi connectivity index (χ3v) is 4.57. The molecule has 21 heavy (non-hydrogen) atoms. The summed E-state index contributed by atoms with van der Waals surface area (Å²) in [7, 11) is 0. The van der Waals surface area contributed by atoms with Gasteiger partial charge >= 0.3 is 5.97 Å². The minimum atomic E-state index is -0.954. The fourth-order valence-electron chi connectivity index (χ4n) is 3.45. The predicted octanol–water partition coefficient (Wildman–Crippen LogP) is 1.84. The molecule has 0 aliphatic carbocycles. The molecule has 3 rings (SSSR count). The molecule has 3 heterocycles. The molecule has 1 unspecified atom stereocenters. The lowest BCUT2D eigenvalue weighted by atomic mass is 10.1. The largest absolute Gasteiger partial charge is 0.477 e. The number of carbonyl (C=O) groups is 1. The van der Waals surface area contributed by atoms with E-state index in [9.17, 15) is 4.79 Å². The van der Waals surface area contributed by atoms with E-state index in [4.69, 9.17) is 5.11 Å². The van der Waals surface area contributed by atoms with Crippen LogP contribution in [-0.4, -0.2) is 58.1 Å². The zero-order chi connectivity index (χ0) is 14.7. The number of rotatable bonds is 4. The van der Waals surface area contributed by atoms with Crippen molar-refractivity contribution in [3.8, 4) is 0 Å². The molecule has 0 aromatic carbocycles. The predicted molar refractivity (Wildman–Crippen MR) is 80.3 cm³/mol. The molecule has 114 valence electrons. The van der Waals surface area contributed by atoms with E-state index >= 15 is 0 Å². The minimum Gasteiger partial charge on any atom is -0.477 e. The Morgan fingerprint density at radius 3 is 2.81 bits per heavy atom. The second-order valence-corrected chi connectivity index (χ2v) is 6.09. The van der Waals surface area contributed by atoms with Crippen molar-refractivity contribution >= 4 is 5.97 Å². The van der Waals surface area contributed by atoms with Gasteiger partial charge < -0.3 is 5.11 Å². The van der Waals surface area contributed by atoms with E-state index in [0.29, 0.717) is 6.04 Å². The fraction of sp³-hybridized carbons (Fsp3) is 0.625. The molecule has 0 bridgehead atoms. The Kier molecular flexibility index (Phi) is 4.51. The van der Waals surface area contributed by atoms with Crippen LogP contribution in [0, 0.1) is 0 Å². The van der Waals surface area contributed by atoms with Crippen molar-refractivity contribution in [1.29, 1.82) is 0 Å². The molecule has 2 aliphatic heterocycles. The summed E-state index contributed by atoms with van der Waals surface area (Å²) in [4.78, 5) is 20.2. The topological polar surface area (TPSA) is 56.7 Å². The van der Waals surface area contributed by atoms with Crippen LogP contribution in [0.1, 0.15) is 41.9 Å². The number of likely N-dealkylation sites (tertiary alicyclic amines) is 2. The molecular weight excluding hydrogens is 266 g/mol. The molecule has 1 N–H and O–H groups in total. The zero-order valence-corrected chi connectivity index (χ0v) is 12.4. The van der Waals surface area contributed by atoms with Crippen molar-refractivity contribution in [1.82, 2.24) is 14.8 Å². The summed E-state index contributed by atoms with van der Waals surface area (Å²) in [6.45, 7) is 5.40. The highest BCUT2D eigenvalue weighted by Gasteiger charge is 2.28. The molecule has 5 nitrogen and oxygen atoms in total. The van der Waals surface area contributed by atoms with Gasteiger partial charge in [0.2, 0.25) is 0 Å². The van der Waals surface area contributed by atoms with Gasteiger partial charge in [-0.15, -0.1) is 0 Å². The summed E-state index contributed by atoms with van der Waals surface area (Å²) in [5.74, 6) is -0.954. The Labute approximate surface area is 125 Å². The average molecular weight is 289 g/mol. The Morgan fingerprint density at radius 1 is 1.24 bits per heavy atom. The van der Waals surface area contributed by atoms with Crippen molar-refractivity contribution in [3.05, 3.63) is 29.6 Å². The van der Waals surface area contributed by atoms with Crippen LogP contribution in [-0.2, 0) is 6.54 Å². The number of hydrogen-bond acceptors (Lipinski definition) is 4. The van der Waals surface area contributed by atoms with Crippen molar-refractivity contribution in [2.24, 2.45) is 0 Å². The van der Waals surface area contributed by atoms with Gasteiger partial charge in [-0.05, 0) is 44.5 Å². The van der Waals surface area contributed by atoms with Crippen LogP contribution in [0.25, 0.3) is 0 Å². The molecule has 1 aromatic rings. The molecular formula is C16H23N3O2. The van der Waals surface area contributed by atoms with E-state index in [1.807, 2.05) is 6.07 Å². The molecule has 0 amide bonds. The van der Waals surface area contributed by atoms with Gasteiger partial charge in [0.25, 0.3) is 0 Å². The third kappa shape index (κ3) is 3.60. The number of nitrogens with zero attached hydrogens (tertiary/aromatic N) is 3. The van der Waals surface area contributed by atoms with Crippen LogP contribution in [0.4, 0.5) is 0 Å². The maximum Gasteiger partial charge on any atom is 0.354 e. The van der Waals surface area contributed by atoms with E-state index in [-0.39, 0.29) is 5.69 Å². The number of pyridine rings is 1. The monoisotopic (exact) mass is 289 g/mol. The normalized spacial score (nSPS) is 24.3. The molecule has 0 spiro atoms. The standard InChI is InChI=1S/C16H23N3O2/c20-16(21)15-6-4-5-13(17-15)11-18-10-7-14(12-18)19-8-2-1-3-9-19/h4-6,14H,1-3,7-12H2,(H,20,21). The van der Waals surface area contributed by atoms with Gasteiger partial charge in [0.1, 0.15) is 5.69 Å². The van der Waals surface area contributed by atoms with Crippen molar-refractivity contribution in [2.45, 2.75) is 38.3 Å².